The van der Waals surface area contributed by atoms with E-state index in [1.165, 1.54) is 23.1 Å². The molecule has 3 aromatic rings. The number of benzene rings is 1. The molecule has 134 valence electrons. The molecule has 0 radical (unpaired) electrons. The fourth-order valence-electron chi connectivity index (χ4n) is 2.49. The first-order valence-electron chi connectivity index (χ1n) is 8.27. The number of unbranched alkanes of at least 4 members (excludes halogenated alkanes) is 1. The Kier molecular flexibility index (Phi) is 5.12. The van der Waals surface area contributed by atoms with Crippen LogP contribution in [0.5, 0.6) is 0 Å². The van der Waals surface area contributed by atoms with E-state index >= 15 is 0 Å². The van der Waals surface area contributed by atoms with Crippen LogP contribution >= 0.6 is 0 Å². The normalized spacial score (nSPS) is 10.7. The summed E-state index contributed by atoms with van der Waals surface area (Å²) in [5.41, 5.74) is 1.11. The quantitative estimate of drug-likeness (QED) is 0.397. The molecule has 8 nitrogen and oxygen atoms in total. The van der Waals surface area contributed by atoms with E-state index in [0.717, 1.165) is 12.8 Å². The number of nitro benzene ring substituents is 1. The van der Waals surface area contributed by atoms with Gasteiger partial charge in [-0.25, -0.2) is 4.68 Å². The number of amides is 1. The number of carbonyl (C=O) groups excluding carboxylic acids is 1. The summed E-state index contributed by atoms with van der Waals surface area (Å²) >= 11 is 0. The van der Waals surface area contributed by atoms with Gasteiger partial charge < -0.3 is 9.73 Å². The van der Waals surface area contributed by atoms with Gasteiger partial charge in [-0.2, -0.15) is 5.10 Å². The van der Waals surface area contributed by atoms with Crippen molar-refractivity contribution in [2.75, 3.05) is 6.54 Å². The molecule has 1 aromatic carbocycles. The first-order chi connectivity index (χ1) is 12.6. The number of furan rings is 1. The molecule has 26 heavy (non-hydrogen) atoms. The van der Waals surface area contributed by atoms with Crippen LogP contribution in [0.3, 0.4) is 0 Å². The molecule has 0 bridgehead atoms. The van der Waals surface area contributed by atoms with Crippen LogP contribution in [0.2, 0.25) is 0 Å². The van der Waals surface area contributed by atoms with Crippen LogP contribution < -0.4 is 5.32 Å². The Hall–Kier alpha value is -3.42. The number of hydrogen-bond acceptors (Lipinski definition) is 5. The van der Waals surface area contributed by atoms with E-state index in [-0.39, 0.29) is 17.3 Å². The van der Waals surface area contributed by atoms with E-state index in [2.05, 4.69) is 10.4 Å². The Bertz CT molecular complexity index is 915. The number of nitrogens with one attached hydrogen (secondary N) is 1. The summed E-state index contributed by atoms with van der Waals surface area (Å²) in [6.07, 6.45) is 3.34. The molecule has 0 atom stereocenters. The fourth-order valence-corrected chi connectivity index (χ4v) is 2.49. The summed E-state index contributed by atoms with van der Waals surface area (Å²) < 4.78 is 6.74. The second kappa shape index (κ2) is 7.64. The standard InChI is InChI=1S/C18H18N4O4/c1-2-3-9-19-18(23)16-12-15(17-8-5-10-26-17)20-21(16)13-6-4-7-14(11-13)22(24)25/h4-8,10-12H,2-3,9H2,1H3,(H,19,23). The maximum absolute atomic E-state index is 12.6. The first kappa shape index (κ1) is 17.4. The van der Waals surface area contributed by atoms with Crippen molar-refractivity contribution in [3.63, 3.8) is 0 Å². The third-order valence-electron chi connectivity index (χ3n) is 3.82. The topological polar surface area (TPSA) is 103 Å². The lowest BCUT2D eigenvalue weighted by Crippen LogP contribution is -2.26. The summed E-state index contributed by atoms with van der Waals surface area (Å²) in [7, 11) is 0. The van der Waals surface area contributed by atoms with Gasteiger partial charge in [0.2, 0.25) is 0 Å². The lowest BCUT2D eigenvalue weighted by atomic mass is 10.2. The molecule has 8 heteroatoms. The molecular formula is C18H18N4O4. The highest BCUT2D eigenvalue weighted by Crippen LogP contribution is 2.24. The molecule has 3 rings (SSSR count). The number of non-ortho nitro benzene ring substituents is 1. The summed E-state index contributed by atoms with van der Waals surface area (Å²) in [5.74, 6) is 0.215. The van der Waals surface area contributed by atoms with Gasteiger partial charge in [-0.05, 0) is 24.6 Å². The fraction of sp³-hybridized carbons (Fsp3) is 0.222. The van der Waals surface area contributed by atoms with Gasteiger partial charge >= 0.3 is 0 Å². The van der Waals surface area contributed by atoms with E-state index < -0.39 is 4.92 Å². The SMILES string of the molecule is CCCCNC(=O)c1cc(-c2ccco2)nn1-c1cccc([N+](=O)[O-])c1. The average molecular weight is 354 g/mol. The zero-order chi connectivity index (χ0) is 18.5. The van der Waals surface area contributed by atoms with Crippen LogP contribution in [0, 0.1) is 10.1 Å². The molecule has 0 saturated carbocycles. The zero-order valence-corrected chi connectivity index (χ0v) is 14.2. The van der Waals surface area contributed by atoms with E-state index in [0.29, 0.717) is 23.7 Å². The molecule has 1 N–H and O–H groups in total. The van der Waals surface area contributed by atoms with E-state index in [4.69, 9.17) is 4.42 Å². The van der Waals surface area contributed by atoms with Crippen molar-refractivity contribution in [1.29, 1.82) is 0 Å². The summed E-state index contributed by atoms with van der Waals surface area (Å²) in [5, 5.41) is 18.3. The molecular weight excluding hydrogens is 336 g/mol. The van der Waals surface area contributed by atoms with Crippen LogP contribution in [-0.4, -0.2) is 27.2 Å². The Morgan fingerprint density at radius 3 is 2.85 bits per heavy atom. The van der Waals surface area contributed by atoms with Crippen molar-refractivity contribution in [2.24, 2.45) is 0 Å². The number of rotatable bonds is 7. The Balaban J connectivity index is 2.03. The molecule has 0 aliphatic rings. The summed E-state index contributed by atoms with van der Waals surface area (Å²) in [4.78, 5) is 23.1. The highest BCUT2D eigenvalue weighted by atomic mass is 16.6. The first-order valence-corrected chi connectivity index (χ1v) is 8.27. The van der Waals surface area contributed by atoms with Crippen molar-refractivity contribution in [3.05, 3.63) is 64.5 Å². The Labute approximate surface area is 149 Å². The van der Waals surface area contributed by atoms with E-state index in [1.807, 2.05) is 6.92 Å². The van der Waals surface area contributed by atoms with E-state index in [9.17, 15) is 14.9 Å². The van der Waals surface area contributed by atoms with Gasteiger partial charge in [-0.3, -0.25) is 14.9 Å². The molecule has 0 aliphatic carbocycles. The lowest BCUT2D eigenvalue weighted by molar-refractivity contribution is -0.384. The molecule has 0 saturated heterocycles. The third-order valence-corrected chi connectivity index (χ3v) is 3.82. The predicted octanol–water partition coefficient (Wildman–Crippen LogP) is 3.57. The second-order valence-corrected chi connectivity index (χ2v) is 5.69. The van der Waals surface area contributed by atoms with Gasteiger partial charge in [0.25, 0.3) is 11.6 Å². The van der Waals surface area contributed by atoms with Crippen LogP contribution in [0.1, 0.15) is 30.3 Å². The maximum atomic E-state index is 12.6. The van der Waals surface area contributed by atoms with Gasteiger partial charge in [0.1, 0.15) is 11.4 Å². The molecule has 0 unspecified atom stereocenters. The minimum Gasteiger partial charge on any atom is -0.463 e. The minimum absolute atomic E-state index is 0.0742. The molecule has 2 heterocycles. The average Bonchev–Trinajstić information content (AvgIpc) is 3.31. The Morgan fingerprint density at radius 2 is 2.15 bits per heavy atom. The van der Waals surface area contributed by atoms with Crippen molar-refractivity contribution >= 4 is 11.6 Å². The van der Waals surface area contributed by atoms with Crippen molar-refractivity contribution in [3.8, 4) is 17.1 Å². The largest absolute Gasteiger partial charge is 0.463 e. The minimum atomic E-state index is -0.485. The molecule has 0 aliphatic heterocycles. The van der Waals surface area contributed by atoms with Gasteiger partial charge in [-0.15, -0.1) is 0 Å². The monoisotopic (exact) mass is 354 g/mol. The molecule has 0 spiro atoms. The number of nitrogens with zero attached hydrogens (tertiary/aromatic N) is 3. The lowest BCUT2D eigenvalue weighted by Gasteiger charge is -2.08. The summed E-state index contributed by atoms with van der Waals surface area (Å²) in [6.45, 7) is 2.58. The number of aromatic nitrogens is 2. The van der Waals surface area contributed by atoms with Crippen LogP contribution in [0.15, 0.2) is 53.1 Å². The molecule has 2 aromatic heterocycles. The Morgan fingerprint density at radius 1 is 1.31 bits per heavy atom. The maximum Gasteiger partial charge on any atom is 0.271 e. The number of nitro groups is 1. The smallest absolute Gasteiger partial charge is 0.271 e. The van der Waals surface area contributed by atoms with Crippen LogP contribution in [-0.2, 0) is 0 Å². The summed E-state index contributed by atoms with van der Waals surface area (Å²) in [6, 6.07) is 11.1. The van der Waals surface area contributed by atoms with E-state index in [1.54, 1.807) is 30.3 Å². The number of carbonyl (C=O) groups is 1. The van der Waals surface area contributed by atoms with Crippen molar-refractivity contribution in [2.45, 2.75) is 19.8 Å². The van der Waals surface area contributed by atoms with Crippen molar-refractivity contribution < 1.29 is 14.1 Å². The van der Waals surface area contributed by atoms with Gasteiger partial charge in [0.15, 0.2) is 5.76 Å². The highest BCUT2D eigenvalue weighted by Gasteiger charge is 2.19. The highest BCUT2D eigenvalue weighted by molar-refractivity contribution is 5.94. The van der Waals surface area contributed by atoms with Crippen molar-refractivity contribution in [1.82, 2.24) is 15.1 Å². The van der Waals surface area contributed by atoms with Crippen LogP contribution in [0.4, 0.5) is 5.69 Å². The third kappa shape index (κ3) is 3.64. The van der Waals surface area contributed by atoms with Crippen LogP contribution in [0.25, 0.3) is 17.1 Å². The van der Waals surface area contributed by atoms with Gasteiger partial charge in [-0.1, -0.05) is 19.4 Å². The second-order valence-electron chi connectivity index (χ2n) is 5.69. The molecule has 1 amide bonds. The van der Waals surface area contributed by atoms with Gasteiger partial charge in [0, 0.05) is 24.7 Å². The zero-order valence-electron chi connectivity index (χ0n) is 14.2. The number of hydrogen-bond donors (Lipinski definition) is 1. The molecule has 0 fully saturated rings. The van der Waals surface area contributed by atoms with Gasteiger partial charge in [0.05, 0.1) is 16.9 Å². The predicted molar refractivity (Wildman–Crippen MR) is 95.2 cm³/mol.